The molecular weight excluding hydrogens is 345 g/mol. The number of hydrogen-bond donors (Lipinski definition) is 1. The van der Waals surface area contributed by atoms with E-state index in [1.165, 1.54) is 12.1 Å². The van der Waals surface area contributed by atoms with Gasteiger partial charge in [-0.1, -0.05) is 31.9 Å². The lowest BCUT2D eigenvalue weighted by Gasteiger charge is -2.31. The lowest BCUT2D eigenvalue weighted by molar-refractivity contribution is -0.153. The minimum absolute atomic E-state index is 0. The molecule has 142 valence electrons. The van der Waals surface area contributed by atoms with E-state index in [0.717, 1.165) is 24.8 Å². The predicted octanol–water partition coefficient (Wildman–Crippen LogP) is 3.64. The van der Waals surface area contributed by atoms with Crippen molar-refractivity contribution in [3.63, 3.8) is 0 Å². The molecule has 25 heavy (non-hydrogen) atoms. The van der Waals surface area contributed by atoms with Gasteiger partial charge in [-0.3, -0.25) is 4.79 Å². The van der Waals surface area contributed by atoms with Gasteiger partial charge in [-0.05, 0) is 43.9 Å². The molecule has 1 aliphatic rings. The molecule has 0 unspecified atom stereocenters. The van der Waals surface area contributed by atoms with E-state index >= 15 is 0 Å². The first-order valence-electron chi connectivity index (χ1n) is 8.83. The Labute approximate surface area is 155 Å². The van der Waals surface area contributed by atoms with Crippen LogP contribution in [0.2, 0.25) is 0 Å². The van der Waals surface area contributed by atoms with Crippen molar-refractivity contribution >= 4 is 18.4 Å². The Hall–Kier alpha value is -1.17. The fraction of sp³-hybridized carbons (Fsp3) is 0.632. The van der Waals surface area contributed by atoms with E-state index in [1.807, 2.05) is 6.92 Å². The molecule has 0 amide bonds. The molecule has 1 aliphatic heterocycles. The summed E-state index contributed by atoms with van der Waals surface area (Å²) in [6.07, 6.45) is 3.90. The van der Waals surface area contributed by atoms with Crippen molar-refractivity contribution in [3.8, 4) is 0 Å². The van der Waals surface area contributed by atoms with Crippen LogP contribution >= 0.6 is 12.4 Å². The van der Waals surface area contributed by atoms with Crippen LogP contribution in [0.1, 0.15) is 45.1 Å². The van der Waals surface area contributed by atoms with E-state index in [9.17, 15) is 9.18 Å². The van der Waals surface area contributed by atoms with E-state index in [-0.39, 0.29) is 42.3 Å². The molecule has 0 radical (unpaired) electrons. The second-order valence-corrected chi connectivity index (χ2v) is 6.58. The fourth-order valence-corrected chi connectivity index (χ4v) is 3.14. The number of carbonyl (C=O) groups excluding carboxylic acids is 1. The van der Waals surface area contributed by atoms with Crippen LogP contribution < -0.4 is 5.73 Å². The summed E-state index contributed by atoms with van der Waals surface area (Å²) in [6.45, 7) is 4.49. The van der Waals surface area contributed by atoms with Gasteiger partial charge in [-0.2, -0.15) is 0 Å². The number of hydrogen-bond acceptors (Lipinski definition) is 4. The summed E-state index contributed by atoms with van der Waals surface area (Å²) >= 11 is 0. The molecule has 0 aliphatic carbocycles. The summed E-state index contributed by atoms with van der Waals surface area (Å²) in [5, 5.41) is 0. The van der Waals surface area contributed by atoms with E-state index < -0.39 is 6.04 Å². The standard InChI is InChI=1S/C19H28FNO3.ClH/c1-3-4-5-18-16(12-14-6-8-15(20)9-7-14)13(2)24-19(22)17(21)10-11-23-18;/h6-9,13,16-18H,3-5,10-12,21H2,1-2H3;1H/t13-,16-,17-,18+;/m0./s1. The first kappa shape index (κ1) is 21.9. The van der Waals surface area contributed by atoms with Crippen molar-refractivity contribution in [1.82, 2.24) is 0 Å². The van der Waals surface area contributed by atoms with Crippen molar-refractivity contribution in [3.05, 3.63) is 35.6 Å². The number of halogens is 2. The summed E-state index contributed by atoms with van der Waals surface area (Å²) in [5.74, 6) is -0.597. The second-order valence-electron chi connectivity index (χ2n) is 6.58. The number of rotatable bonds is 5. The molecule has 1 aromatic rings. The Morgan fingerprint density at radius 1 is 1.28 bits per heavy atom. The Morgan fingerprint density at radius 3 is 2.60 bits per heavy atom. The highest BCUT2D eigenvalue weighted by Crippen LogP contribution is 2.26. The highest BCUT2D eigenvalue weighted by molar-refractivity contribution is 5.85. The molecule has 1 heterocycles. The number of nitrogens with two attached hydrogens (primary N) is 1. The molecule has 1 saturated heterocycles. The number of esters is 1. The molecule has 4 nitrogen and oxygen atoms in total. The van der Waals surface area contributed by atoms with Crippen LogP contribution in [-0.4, -0.2) is 30.8 Å². The lowest BCUT2D eigenvalue weighted by Crippen LogP contribution is -2.38. The average Bonchev–Trinajstić information content (AvgIpc) is 2.60. The van der Waals surface area contributed by atoms with Crippen LogP contribution in [0.3, 0.4) is 0 Å². The Kier molecular flexibility index (Phi) is 9.39. The van der Waals surface area contributed by atoms with Gasteiger partial charge in [0.05, 0.1) is 6.10 Å². The molecule has 1 fully saturated rings. The van der Waals surface area contributed by atoms with Crippen LogP contribution in [0.25, 0.3) is 0 Å². The molecule has 0 spiro atoms. The van der Waals surface area contributed by atoms with E-state index in [1.54, 1.807) is 12.1 Å². The van der Waals surface area contributed by atoms with E-state index in [4.69, 9.17) is 15.2 Å². The highest BCUT2D eigenvalue weighted by atomic mass is 35.5. The van der Waals surface area contributed by atoms with Crippen molar-refractivity contribution in [1.29, 1.82) is 0 Å². The minimum Gasteiger partial charge on any atom is -0.461 e. The summed E-state index contributed by atoms with van der Waals surface area (Å²) in [6, 6.07) is 5.83. The molecule has 0 bridgehead atoms. The highest BCUT2D eigenvalue weighted by Gasteiger charge is 2.33. The third kappa shape index (κ3) is 6.57. The average molecular weight is 374 g/mol. The molecule has 1 aromatic carbocycles. The van der Waals surface area contributed by atoms with Gasteiger partial charge in [0.15, 0.2) is 0 Å². The van der Waals surface area contributed by atoms with Crippen molar-refractivity contribution in [2.45, 2.75) is 64.2 Å². The first-order chi connectivity index (χ1) is 11.5. The third-order valence-electron chi connectivity index (χ3n) is 4.67. The quantitative estimate of drug-likeness (QED) is 0.800. The minimum atomic E-state index is -0.635. The number of cyclic esters (lactones) is 1. The molecule has 4 atom stereocenters. The molecule has 6 heteroatoms. The fourth-order valence-electron chi connectivity index (χ4n) is 3.14. The number of benzene rings is 1. The zero-order valence-corrected chi connectivity index (χ0v) is 15.8. The smallest absolute Gasteiger partial charge is 0.323 e. The van der Waals surface area contributed by atoms with Gasteiger partial charge in [0.2, 0.25) is 0 Å². The van der Waals surface area contributed by atoms with Crippen molar-refractivity contribution in [2.24, 2.45) is 11.7 Å². The number of carbonyl (C=O) groups is 1. The predicted molar refractivity (Wildman–Crippen MR) is 98.3 cm³/mol. The van der Waals surface area contributed by atoms with E-state index in [2.05, 4.69) is 6.92 Å². The van der Waals surface area contributed by atoms with E-state index in [0.29, 0.717) is 19.4 Å². The molecule has 0 saturated carbocycles. The molecule has 0 aromatic heterocycles. The van der Waals surface area contributed by atoms with Gasteiger partial charge >= 0.3 is 5.97 Å². The van der Waals surface area contributed by atoms with Gasteiger partial charge in [-0.15, -0.1) is 12.4 Å². The summed E-state index contributed by atoms with van der Waals surface area (Å²) in [5.41, 5.74) is 6.86. The molecule has 2 N–H and O–H groups in total. The third-order valence-corrected chi connectivity index (χ3v) is 4.67. The van der Waals surface area contributed by atoms with Gasteiger partial charge < -0.3 is 15.2 Å². The maximum atomic E-state index is 13.1. The SMILES string of the molecule is CCCC[C@H]1OCC[C@H](N)C(=O)O[C@@H](C)[C@@H]1Cc1ccc(F)cc1.Cl. The summed E-state index contributed by atoms with van der Waals surface area (Å²) in [4.78, 5) is 12.0. The summed E-state index contributed by atoms with van der Waals surface area (Å²) < 4.78 is 24.8. The normalized spacial score (nSPS) is 27.4. The zero-order valence-electron chi connectivity index (χ0n) is 14.9. The van der Waals surface area contributed by atoms with Crippen molar-refractivity contribution in [2.75, 3.05) is 6.61 Å². The molecule has 2 rings (SSSR count). The van der Waals surface area contributed by atoms with Gasteiger partial charge in [-0.25, -0.2) is 4.39 Å². The Bertz CT molecular complexity index is 526. The van der Waals surface area contributed by atoms with Crippen LogP contribution in [0.4, 0.5) is 4.39 Å². The Morgan fingerprint density at radius 2 is 1.96 bits per heavy atom. The first-order valence-corrected chi connectivity index (χ1v) is 8.83. The monoisotopic (exact) mass is 373 g/mol. The number of unbranched alkanes of at least 4 members (excludes halogenated alkanes) is 1. The van der Waals surface area contributed by atoms with Gasteiger partial charge in [0, 0.05) is 12.5 Å². The maximum absolute atomic E-state index is 13.1. The van der Waals surface area contributed by atoms with Crippen LogP contribution in [0, 0.1) is 11.7 Å². The Balaban J connectivity index is 0.00000312. The van der Waals surface area contributed by atoms with Crippen LogP contribution in [-0.2, 0) is 20.7 Å². The van der Waals surface area contributed by atoms with Gasteiger partial charge in [0.1, 0.15) is 18.0 Å². The van der Waals surface area contributed by atoms with Gasteiger partial charge in [0.25, 0.3) is 0 Å². The largest absolute Gasteiger partial charge is 0.461 e. The lowest BCUT2D eigenvalue weighted by atomic mass is 9.87. The topological polar surface area (TPSA) is 61.5 Å². The van der Waals surface area contributed by atoms with Crippen LogP contribution in [0.15, 0.2) is 24.3 Å². The second kappa shape index (κ2) is 10.7. The number of ether oxygens (including phenoxy) is 2. The zero-order chi connectivity index (χ0) is 17.5. The summed E-state index contributed by atoms with van der Waals surface area (Å²) in [7, 11) is 0. The van der Waals surface area contributed by atoms with Crippen molar-refractivity contribution < 1.29 is 18.7 Å². The molecular formula is C19H29ClFNO3. The maximum Gasteiger partial charge on any atom is 0.323 e. The van der Waals surface area contributed by atoms with Crippen LogP contribution in [0.5, 0.6) is 0 Å².